The minimum Gasteiger partial charge on any atom is -0.272 e. The highest BCUT2D eigenvalue weighted by Crippen LogP contribution is 2.36. The van der Waals surface area contributed by atoms with Gasteiger partial charge >= 0.3 is 0 Å². The van der Waals surface area contributed by atoms with Crippen molar-refractivity contribution in [2.24, 2.45) is 7.05 Å². The van der Waals surface area contributed by atoms with Crippen molar-refractivity contribution in [3.8, 4) is 11.1 Å². The summed E-state index contributed by atoms with van der Waals surface area (Å²) in [5.41, 5.74) is 10.4. The number of hydrogen-bond acceptors (Lipinski definition) is 3. The zero-order valence-electron chi connectivity index (χ0n) is 15.7. The van der Waals surface area contributed by atoms with Gasteiger partial charge in [0.15, 0.2) is 0 Å². The lowest BCUT2D eigenvalue weighted by Gasteiger charge is -2.10. The van der Waals surface area contributed by atoms with Crippen molar-refractivity contribution in [3.05, 3.63) is 83.1 Å². The number of pyridine rings is 2. The molecule has 0 unspecified atom stereocenters. The monoisotopic (exact) mass is 352 g/mol. The quantitative estimate of drug-likeness (QED) is 0.528. The lowest BCUT2D eigenvalue weighted by atomic mass is 9.96. The molecule has 0 spiro atoms. The normalized spacial score (nSPS) is 13.1. The average molecular weight is 352 g/mol. The molecule has 1 aliphatic carbocycles. The molecular weight excluding hydrogens is 332 g/mol. The number of aryl methyl sites for hydroxylation is 2. The van der Waals surface area contributed by atoms with E-state index in [0.717, 1.165) is 40.0 Å². The van der Waals surface area contributed by atoms with Crippen LogP contribution in [0, 0.1) is 13.8 Å². The highest BCUT2D eigenvalue weighted by molar-refractivity contribution is 5.90. The summed E-state index contributed by atoms with van der Waals surface area (Å²) < 4.78 is 1.94. The maximum atomic E-state index is 4.76. The van der Waals surface area contributed by atoms with Crippen molar-refractivity contribution in [2.45, 2.75) is 20.3 Å². The molecule has 4 aromatic rings. The van der Waals surface area contributed by atoms with Crippen molar-refractivity contribution >= 4 is 16.5 Å². The van der Waals surface area contributed by atoms with Gasteiger partial charge in [-0.25, -0.2) is 0 Å². The van der Waals surface area contributed by atoms with Crippen LogP contribution in [0.25, 0.3) is 27.6 Å². The predicted molar refractivity (Wildman–Crippen MR) is 108 cm³/mol. The molecule has 1 aliphatic rings. The molecule has 4 nitrogen and oxygen atoms in total. The first kappa shape index (κ1) is 15.9. The third kappa shape index (κ3) is 2.48. The van der Waals surface area contributed by atoms with Gasteiger partial charge in [-0.3, -0.25) is 14.6 Å². The first-order valence-electron chi connectivity index (χ1n) is 9.17. The van der Waals surface area contributed by atoms with Crippen molar-refractivity contribution in [1.82, 2.24) is 19.7 Å². The Morgan fingerprint density at radius 2 is 1.89 bits per heavy atom. The van der Waals surface area contributed by atoms with Gasteiger partial charge in [-0.05, 0) is 49.2 Å². The lowest BCUT2D eigenvalue weighted by molar-refractivity contribution is 0.731. The minimum atomic E-state index is 0.876. The number of fused-ring (bicyclic) bond motifs is 2. The standard InChI is InChI=1S/C23H20N4/c1-14-23(15(2)27(3)26-14)18-12-20-19(7-9-22(20)25-13-18)16-6-8-21-17(11-16)5-4-10-24-21/h4-8,10-13H,9H2,1-3H3. The van der Waals surface area contributed by atoms with Crippen LogP contribution in [0.15, 0.2) is 54.9 Å². The molecule has 0 saturated heterocycles. The van der Waals surface area contributed by atoms with E-state index < -0.39 is 0 Å². The summed E-state index contributed by atoms with van der Waals surface area (Å²) in [7, 11) is 1.99. The fourth-order valence-corrected chi connectivity index (χ4v) is 4.04. The molecular formula is C23H20N4. The largest absolute Gasteiger partial charge is 0.272 e. The highest BCUT2D eigenvalue weighted by atomic mass is 15.3. The van der Waals surface area contributed by atoms with Gasteiger partial charge in [0.25, 0.3) is 0 Å². The predicted octanol–water partition coefficient (Wildman–Crippen LogP) is 4.63. The Kier molecular flexibility index (Phi) is 3.47. The SMILES string of the molecule is Cc1nn(C)c(C)c1-c1cnc2c(c1)C(c1ccc3ncccc3c1)=CC2. The van der Waals surface area contributed by atoms with Gasteiger partial charge in [0, 0.05) is 53.6 Å². The second-order valence-electron chi connectivity index (χ2n) is 7.12. The first-order chi connectivity index (χ1) is 13.1. The Balaban J connectivity index is 1.63. The number of allylic oxidation sites excluding steroid dienone is 1. The number of aromatic nitrogens is 4. The van der Waals surface area contributed by atoms with E-state index in [-0.39, 0.29) is 0 Å². The van der Waals surface area contributed by atoms with Crippen molar-refractivity contribution in [1.29, 1.82) is 0 Å². The summed E-state index contributed by atoms with van der Waals surface area (Å²) in [4.78, 5) is 9.19. The number of hydrogen-bond donors (Lipinski definition) is 0. The summed E-state index contributed by atoms with van der Waals surface area (Å²) in [6, 6.07) is 12.8. The molecule has 0 N–H and O–H groups in total. The maximum Gasteiger partial charge on any atom is 0.0702 e. The summed E-state index contributed by atoms with van der Waals surface area (Å²) in [6.07, 6.45) is 6.97. The van der Waals surface area contributed by atoms with Gasteiger partial charge in [-0.15, -0.1) is 0 Å². The molecule has 0 fully saturated rings. The van der Waals surface area contributed by atoms with E-state index in [0.29, 0.717) is 0 Å². The minimum absolute atomic E-state index is 0.876. The second kappa shape index (κ2) is 5.88. The van der Waals surface area contributed by atoms with Gasteiger partial charge in [0.2, 0.25) is 0 Å². The van der Waals surface area contributed by atoms with E-state index in [1.807, 2.05) is 30.2 Å². The summed E-state index contributed by atoms with van der Waals surface area (Å²) in [5.74, 6) is 0. The number of benzene rings is 1. The van der Waals surface area contributed by atoms with Crippen molar-refractivity contribution in [3.63, 3.8) is 0 Å². The fourth-order valence-electron chi connectivity index (χ4n) is 4.04. The van der Waals surface area contributed by atoms with E-state index in [4.69, 9.17) is 4.98 Å². The van der Waals surface area contributed by atoms with E-state index in [1.165, 1.54) is 22.3 Å². The molecule has 1 aromatic carbocycles. The Hall–Kier alpha value is -3.27. The van der Waals surface area contributed by atoms with Crippen LogP contribution in [-0.2, 0) is 13.5 Å². The molecule has 0 saturated carbocycles. The summed E-state index contributed by atoms with van der Waals surface area (Å²) in [6.45, 7) is 4.16. The number of nitrogens with zero attached hydrogens (tertiary/aromatic N) is 4. The van der Waals surface area contributed by atoms with Crippen LogP contribution >= 0.6 is 0 Å². The Bertz CT molecular complexity index is 1230. The molecule has 0 amide bonds. The molecule has 0 atom stereocenters. The summed E-state index contributed by atoms with van der Waals surface area (Å²) in [5, 5.41) is 5.72. The highest BCUT2D eigenvalue weighted by Gasteiger charge is 2.20. The van der Waals surface area contributed by atoms with Crippen LogP contribution in [0.4, 0.5) is 0 Å². The van der Waals surface area contributed by atoms with Gasteiger partial charge in [-0.1, -0.05) is 18.2 Å². The lowest BCUT2D eigenvalue weighted by Crippen LogP contribution is -1.95. The second-order valence-corrected chi connectivity index (χ2v) is 7.12. The summed E-state index contributed by atoms with van der Waals surface area (Å²) >= 11 is 0. The fraction of sp³-hybridized carbons (Fsp3) is 0.174. The van der Waals surface area contributed by atoms with Crippen molar-refractivity contribution < 1.29 is 0 Å². The van der Waals surface area contributed by atoms with E-state index in [9.17, 15) is 0 Å². The smallest absolute Gasteiger partial charge is 0.0702 e. The van der Waals surface area contributed by atoms with Crippen LogP contribution in [0.3, 0.4) is 0 Å². The van der Waals surface area contributed by atoms with E-state index in [1.54, 1.807) is 0 Å². The van der Waals surface area contributed by atoms with Crippen LogP contribution in [-0.4, -0.2) is 19.7 Å². The van der Waals surface area contributed by atoms with Crippen LogP contribution in [0.2, 0.25) is 0 Å². The molecule has 132 valence electrons. The Morgan fingerprint density at radius 1 is 1.00 bits per heavy atom. The van der Waals surface area contributed by atoms with Gasteiger partial charge in [0.05, 0.1) is 16.9 Å². The molecule has 5 rings (SSSR count). The molecule has 0 bridgehead atoms. The number of rotatable bonds is 2. The molecule has 3 heterocycles. The first-order valence-corrected chi connectivity index (χ1v) is 9.17. The van der Waals surface area contributed by atoms with Gasteiger partial charge in [0.1, 0.15) is 0 Å². The third-order valence-corrected chi connectivity index (χ3v) is 5.47. The van der Waals surface area contributed by atoms with Crippen LogP contribution in [0.5, 0.6) is 0 Å². The maximum absolute atomic E-state index is 4.76. The van der Waals surface area contributed by atoms with E-state index in [2.05, 4.69) is 60.3 Å². The third-order valence-electron chi connectivity index (χ3n) is 5.47. The van der Waals surface area contributed by atoms with Gasteiger partial charge < -0.3 is 0 Å². The average Bonchev–Trinajstić information content (AvgIpc) is 3.21. The molecule has 3 aromatic heterocycles. The molecule has 0 radical (unpaired) electrons. The van der Waals surface area contributed by atoms with Crippen LogP contribution in [0.1, 0.15) is 28.2 Å². The zero-order valence-corrected chi connectivity index (χ0v) is 15.7. The zero-order chi connectivity index (χ0) is 18.5. The topological polar surface area (TPSA) is 43.6 Å². The Labute approximate surface area is 158 Å². The van der Waals surface area contributed by atoms with E-state index >= 15 is 0 Å². The molecule has 0 aliphatic heterocycles. The molecule has 27 heavy (non-hydrogen) atoms. The van der Waals surface area contributed by atoms with Crippen LogP contribution < -0.4 is 0 Å². The Morgan fingerprint density at radius 3 is 2.70 bits per heavy atom. The molecule has 4 heteroatoms. The van der Waals surface area contributed by atoms with Crippen molar-refractivity contribution in [2.75, 3.05) is 0 Å². The van der Waals surface area contributed by atoms with Gasteiger partial charge in [-0.2, -0.15) is 5.10 Å².